The first-order valence-electron chi connectivity index (χ1n) is 8.41. The van der Waals surface area contributed by atoms with E-state index in [2.05, 4.69) is 9.88 Å². The molecule has 0 saturated carbocycles. The molecular formula is C19H18FN3OS2. The summed E-state index contributed by atoms with van der Waals surface area (Å²) in [6.07, 6.45) is 0. The van der Waals surface area contributed by atoms with Gasteiger partial charge in [-0.1, -0.05) is 0 Å². The van der Waals surface area contributed by atoms with E-state index in [1.807, 2.05) is 28.7 Å². The van der Waals surface area contributed by atoms with Crippen LogP contribution in [-0.4, -0.2) is 42.0 Å². The van der Waals surface area contributed by atoms with Crippen molar-refractivity contribution in [1.82, 2.24) is 9.88 Å². The normalized spacial score (nSPS) is 14.7. The summed E-state index contributed by atoms with van der Waals surface area (Å²) in [5, 5.41) is 4.97. The van der Waals surface area contributed by atoms with Gasteiger partial charge in [0.05, 0.1) is 5.69 Å². The van der Waals surface area contributed by atoms with Crippen molar-refractivity contribution in [1.29, 1.82) is 0 Å². The van der Waals surface area contributed by atoms with Gasteiger partial charge in [0.1, 0.15) is 15.7 Å². The van der Waals surface area contributed by atoms with Gasteiger partial charge >= 0.3 is 0 Å². The predicted molar refractivity (Wildman–Crippen MR) is 105 cm³/mol. The third-order valence-electron chi connectivity index (χ3n) is 4.52. The second kappa shape index (κ2) is 7.17. The molecule has 2 aromatic heterocycles. The highest BCUT2D eigenvalue weighted by atomic mass is 32.1. The Morgan fingerprint density at radius 1 is 1.12 bits per heavy atom. The number of thiophene rings is 1. The summed E-state index contributed by atoms with van der Waals surface area (Å²) in [4.78, 5) is 22.3. The Kier molecular flexibility index (Phi) is 4.74. The number of thiazole rings is 1. The maximum Gasteiger partial charge on any atom is 0.265 e. The minimum absolute atomic E-state index is 0.0558. The fraction of sp³-hybridized carbons (Fsp3) is 0.263. The van der Waals surface area contributed by atoms with Crippen LogP contribution in [0.3, 0.4) is 0 Å². The minimum atomic E-state index is -0.232. The number of amides is 1. The van der Waals surface area contributed by atoms with E-state index in [0.29, 0.717) is 13.1 Å². The summed E-state index contributed by atoms with van der Waals surface area (Å²) in [6, 6.07) is 8.54. The largest absolute Gasteiger partial charge is 0.368 e. The number of nitrogens with zero attached hydrogens (tertiary/aromatic N) is 3. The van der Waals surface area contributed by atoms with Crippen LogP contribution < -0.4 is 4.90 Å². The van der Waals surface area contributed by atoms with Crippen LogP contribution in [0.5, 0.6) is 0 Å². The number of rotatable bonds is 3. The molecule has 0 radical (unpaired) electrons. The molecule has 0 unspecified atom stereocenters. The first kappa shape index (κ1) is 17.2. The monoisotopic (exact) mass is 387 g/mol. The quantitative estimate of drug-likeness (QED) is 0.673. The van der Waals surface area contributed by atoms with Gasteiger partial charge in [-0.15, -0.1) is 11.3 Å². The number of carbonyl (C=O) groups excluding carboxylic acids is 1. The molecule has 1 saturated heterocycles. The molecule has 1 aromatic carbocycles. The van der Waals surface area contributed by atoms with Gasteiger partial charge in [-0.2, -0.15) is 11.3 Å². The van der Waals surface area contributed by atoms with Crippen molar-refractivity contribution in [2.45, 2.75) is 6.92 Å². The minimum Gasteiger partial charge on any atom is -0.368 e. The van der Waals surface area contributed by atoms with Crippen molar-refractivity contribution in [2.24, 2.45) is 0 Å². The van der Waals surface area contributed by atoms with Gasteiger partial charge in [-0.3, -0.25) is 4.79 Å². The van der Waals surface area contributed by atoms with E-state index in [-0.39, 0.29) is 11.7 Å². The highest BCUT2D eigenvalue weighted by Crippen LogP contribution is 2.30. The summed E-state index contributed by atoms with van der Waals surface area (Å²) in [5.41, 5.74) is 2.86. The van der Waals surface area contributed by atoms with Crippen LogP contribution >= 0.6 is 22.7 Å². The standard InChI is InChI=1S/C19H18FN3OS2/c1-13-17(26-18(21-13)14-6-11-25-12-14)19(24)23-9-7-22(8-10-23)16-4-2-15(20)3-5-16/h2-6,11-12H,7-10H2,1H3. The Bertz CT molecular complexity index is 898. The molecule has 1 fully saturated rings. The molecule has 0 spiro atoms. The van der Waals surface area contributed by atoms with E-state index in [1.165, 1.54) is 23.5 Å². The van der Waals surface area contributed by atoms with Crippen molar-refractivity contribution in [3.63, 3.8) is 0 Å². The lowest BCUT2D eigenvalue weighted by Gasteiger charge is -2.36. The highest BCUT2D eigenvalue weighted by Gasteiger charge is 2.25. The number of aryl methyl sites for hydroxylation is 1. The van der Waals surface area contributed by atoms with Gasteiger partial charge in [0.2, 0.25) is 0 Å². The zero-order valence-electron chi connectivity index (χ0n) is 14.3. The molecular weight excluding hydrogens is 369 g/mol. The number of piperazine rings is 1. The summed E-state index contributed by atoms with van der Waals surface area (Å²) in [6.45, 7) is 4.69. The van der Waals surface area contributed by atoms with Crippen LogP contribution in [0.1, 0.15) is 15.4 Å². The molecule has 4 nitrogen and oxygen atoms in total. The number of benzene rings is 1. The first-order valence-corrected chi connectivity index (χ1v) is 10.2. The molecule has 1 aliphatic heterocycles. The van der Waals surface area contributed by atoms with Crippen LogP contribution in [0.15, 0.2) is 41.1 Å². The number of halogens is 1. The lowest BCUT2D eigenvalue weighted by atomic mass is 10.2. The fourth-order valence-electron chi connectivity index (χ4n) is 3.07. The second-order valence-electron chi connectivity index (χ2n) is 6.20. The third-order valence-corrected chi connectivity index (χ3v) is 6.40. The van der Waals surface area contributed by atoms with Gasteiger partial charge in [0.15, 0.2) is 0 Å². The van der Waals surface area contributed by atoms with Crippen LogP contribution in [0.25, 0.3) is 10.6 Å². The van der Waals surface area contributed by atoms with Crippen molar-refractivity contribution in [3.8, 4) is 10.6 Å². The van der Waals surface area contributed by atoms with Crippen molar-refractivity contribution >= 4 is 34.3 Å². The summed E-state index contributed by atoms with van der Waals surface area (Å²) in [7, 11) is 0. The van der Waals surface area contributed by atoms with E-state index in [1.54, 1.807) is 23.5 Å². The van der Waals surface area contributed by atoms with Crippen molar-refractivity contribution in [2.75, 3.05) is 31.1 Å². The van der Waals surface area contributed by atoms with Gasteiger partial charge in [0.25, 0.3) is 5.91 Å². The number of carbonyl (C=O) groups is 1. The fourth-order valence-corrected chi connectivity index (χ4v) is 4.81. The molecule has 134 valence electrons. The molecule has 4 rings (SSSR count). The molecule has 1 aliphatic rings. The smallest absolute Gasteiger partial charge is 0.265 e. The average molecular weight is 388 g/mol. The molecule has 0 atom stereocenters. The van der Waals surface area contributed by atoms with E-state index in [4.69, 9.17) is 0 Å². The first-order chi connectivity index (χ1) is 12.6. The van der Waals surface area contributed by atoms with Crippen LogP contribution in [0.4, 0.5) is 10.1 Å². The van der Waals surface area contributed by atoms with Gasteiger partial charge in [-0.05, 0) is 42.6 Å². The average Bonchev–Trinajstić information content (AvgIpc) is 3.31. The summed E-state index contributed by atoms with van der Waals surface area (Å²) >= 11 is 3.09. The van der Waals surface area contributed by atoms with Crippen LogP contribution in [-0.2, 0) is 0 Å². The summed E-state index contributed by atoms with van der Waals surface area (Å²) < 4.78 is 13.1. The Balaban J connectivity index is 1.44. The van der Waals surface area contributed by atoms with Gasteiger partial charge in [-0.25, -0.2) is 9.37 Å². The highest BCUT2D eigenvalue weighted by molar-refractivity contribution is 7.17. The number of hydrogen-bond donors (Lipinski definition) is 0. The van der Waals surface area contributed by atoms with Gasteiger partial charge in [0, 0.05) is 42.8 Å². The maximum absolute atomic E-state index is 13.1. The molecule has 26 heavy (non-hydrogen) atoms. The Hall–Kier alpha value is -2.25. The van der Waals surface area contributed by atoms with Crippen molar-refractivity contribution < 1.29 is 9.18 Å². The molecule has 3 aromatic rings. The molecule has 0 bridgehead atoms. The van der Waals surface area contributed by atoms with Crippen molar-refractivity contribution in [3.05, 3.63) is 57.5 Å². The molecule has 0 aliphatic carbocycles. The van der Waals surface area contributed by atoms with Gasteiger partial charge < -0.3 is 9.80 Å². The molecule has 7 heteroatoms. The van der Waals surface area contributed by atoms with Crippen LogP contribution in [0, 0.1) is 12.7 Å². The van der Waals surface area contributed by atoms with E-state index >= 15 is 0 Å². The number of hydrogen-bond acceptors (Lipinski definition) is 5. The topological polar surface area (TPSA) is 36.4 Å². The SMILES string of the molecule is Cc1nc(-c2ccsc2)sc1C(=O)N1CCN(c2ccc(F)cc2)CC1. The van der Waals surface area contributed by atoms with E-state index in [0.717, 1.165) is 39.9 Å². The molecule has 0 N–H and O–H groups in total. The number of aromatic nitrogens is 1. The predicted octanol–water partition coefficient (Wildman–Crippen LogP) is 4.28. The van der Waals surface area contributed by atoms with Crippen LogP contribution in [0.2, 0.25) is 0 Å². The molecule has 1 amide bonds. The zero-order chi connectivity index (χ0) is 18.1. The Morgan fingerprint density at radius 3 is 2.50 bits per heavy atom. The third kappa shape index (κ3) is 3.37. The Morgan fingerprint density at radius 2 is 1.85 bits per heavy atom. The Labute approximate surface area is 159 Å². The van der Waals surface area contributed by atoms with E-state index < -0.39 is 0 Å². The number of anilines is 1. The lowest BCUT2D eigenvalue weighted by molar-refractivity contribution is 0.0750. The molecule has 3 heterocycles. The zero-order valence-corrected chi connectivity index (χ0v) is 15.9. The lowest BCUT2D eigenvalue weighted by Crippen LogP contribution is -2.48. The van der Waals surface area contributed by atoms with E-state index in [9.17, 15) is 9.18 Å². The second-order valence-corrected chi connectivity index (χ2v) is 7.98. The summed E-state index contributed by atoms with van der Waals surface area (Å²) in [5.74, 6) is -0.176. The maximum atomic E-state index is 13.1.